The highest BCUT2D eigenvalue weighted by molar-refractivity contribution is 5.74. The molecule has 0 bridgehead atoms. The fourth-order valence-electron chi connectivity index (χ4n) is 3.03. The van der Waals surface area contributed by atoms with Crippen LogP contribution in [0.5, 0.6) is 0 Å². The molecule has 0 atom stereocenters. The largest absolute Gasteiger partial charge is 0.368 e. The molecule has 1 N–H and O–H groups in total. The number of nitrogens with zero attached hydrogens (tertiary/aromatic N) is 3. The molecule has 0 saturated carbocycles. The van der Waals surface area contributed by atoms with Crippen LogP contribution in [0.4, 0.5) is 10.5 Å². The van der Waals surface area contributed by atoms with Crippen molar-refractivity contribution in [2.45, 2.75) is 13.5 Å². The topological polar surface area (TPSA) is 59.4 Å². The highest BCUT2D eigenvalue weighted by atomic mass is 16.2. The number of urea groups is 1. The number of nitriles is 1. The molecule has 0 aromatic heterocycles. The van der Waals surface area contributed by atoms with Crippen molar-refractivity contribution in [3.05, 3.63) is 65.2 Å². The van der Waals surface area contributed by atoms with Gasteiger partial charge in [0.1, 0.15) is 0 Å². The van der Waals surface area contributed by atoms with E-state index in [1.807, 2.05) is 54.3 Å². The van der Waals surface area contributed by atoms with Crippen LogP contribution < -0.4 is 10.2 Å². The first-order chi connectivity index (χ1) is 12.2. The van der Waals surface area contributed by atoms with Crippen LogP contribution in [0.3, 0.4) is 0 Å². The maximum atomic E-state index is 12.3. The summed E-state index contributed by atoms with van der Waals surface area (Å²) in [6, 6.07) is 17.9. The van der Waals surface area contributed by atoms with Crippen molar-refractivity contribution < 1.29 is 4.79 Å². The predicted octanol–water partition coefficient (Wildman–Crippen LogP) is 2.90. The van der Waals surface area contributed by atoms with Crippen LogP contribution in [0.1, 0.15) is 16.7 Å². The minimum Gasteiger partial charge on any atom is -0.368 e. The van der Waals surface area contributed by atoms with Crippen LogP contribution in [0, 0.1) is 18.3 Å². The molecular formula is C20H22N4O. The first-order valence-corrected chi connectivity index (χ1v) is 8.49. The molecule has 1 fully saturated rings. The number of nitrogens with one attached hydrogen (secondary N) is 1. The van der Waals surface area contributed by atoms with Crippen molar-refractivity contribution in [3.8, 4) is 6.07 Å². The van der Waals surface area contributed by atoms with Crippen molar-refractivity contribution in [2.75, 3.05) is 31.1 Å². The van der Waals surface area contributed by atoms with Crippen LogP contribution in [0.2, 0.25) is 0 Å². The zero-order chi connectivity index (χ0) is 17.6. The number of anilines is 1. The Kier molecular flexibility index (Phi) is 5.20. The quantitative estimate of drug-likeness (QED) is 0.939. The molecule has 0 aliphatic carbocycles. The second-order valence-electron chi connectivity index (χ2n) is 6.28. The smallest absolute Gasteiger partial charge is 0.317 e. The molecule has 2 aromatic carbocycles. The van der Waals surface area contributed by atoms with Gasteiger partial charge in [-0.25, -0.2) is 4.79 Å². The van der Waals surface area contributed by atoms with Gasteiger partial charge in [-0.15, -0.1) is 0 Å². The lowest BCUT2D eigenvalue weighted by molar-refractivity contribution is 0.194. The highest BCUT2D eigenvalue weighted by Crippen LogP contribution is 2.17. The third-order valence-electron chi connectivity index (χ3n) is 4.45. The molecule has 1 heterocycles. The zero-order valence-electron chi connectivity index (χ0n) is 14.4. The fraction of sp³-hybridized carbons (Fsp3) is 0.300. The Labute approximate surface area is 148 Å². The summed E-state index contributed by atoms with van der Waals surface area (Å²) < 4.78 is 0. The van der Waals surface area contributed by atoms with Gasteiger partial charge in [-0.1, -0.05) is 29.8 Å². The van der Waals surface area contributed by atoms with E-state index in [9.17, 15) is 4.79 Å². The van der Waals surface area contributed by atoms with Crippen molar-refractivity contribution in [3.63, 3.8) is 0 Å². The summed E-state index contributed by atoms with van der Waals surface area (Å²) in [4.78, 5) is 16.4. The number of carbonyl (C=O) groups excluding carboxylic acids is 1. The van der Waals surface area contributed by atoms with Gasteiger partial charge in [0, 0.05) is 38.4 Å². The number of hydrogen-bond acceptors (Lipinski definition) is 3. The van der Waals surface area contributed by atoms with E-state index in [1.165, 1.54) is 5.56 Å². The predicted molar refractivity (Wildman–Crippen MR) is 98.4 cm³/mol. The Morgan fingerprint density at radius 1 is 1.12 bits per heavy atom. The monoisotopic (exact) mass is 334 g/mol. The van der Waals surface area contributed by atoms with Crippen LogP contribution in [-0.4, -0.2) is 37.1 Å². The summed E-state index contributed by atoms with van der Waals surface area (Å²) in [5, 5.41) is 11.9. The summed E-state index contributed by atoms with van der Waals surface area (Å²) in [6.07, 6.45) is 0. The van der Waals surface area contributed by atoms with E-state index in [2.05, 4.69) is 22.4 Å². The maximum absolute atomic E-state index is 12.3. The van der Waals surface area contributed by atoms with Crippen molar-refractivity contribution in [1.82, 2.24) is 10.2 Å². The highest BCUT2D eigenvalue weighted by Gasteiger charge is 2.21. The van der Waals surface area contributed by atoms with Gasteiger partial charge in [0.05, 0.1) is 11.6 Å². The third kappa shape index (κ3) is 4.30. The van der Waals surface area contributed by atoms with E-state index in [4.69, 9.17) is 5.26 Å². The van der Waals surface area contributed by atoms with Gasteiger partial charge >= 0.3 is 6.03 Å². The van der Waals surface area contributed by atoms with Crippen LogP contribution >= 0.6 is 0 Å². The van der Waals surface area contributed by atoms with E-state index in [1.54, 1.807) is 0 Å². The van der Waals surface area contributed by atoms with Crippen LogP contribution in [-0.2, 0) is 6.54 Å². The summed E-state index contributed by atoms with van der Waals surface area (Å²) in [5.41, 5.74) is 4.07. The molecule has 1 saturated heterocycles. The number of aryl methyl sites for hydroxylation is 1. The number of hydrogen-bond donors (Lipinski definition) is 1. The SMILES string of the molecule is Cc1cccc(CNC(=O)N2CCN(c3ccc(C#N)cc3)CC2)c1. The van der Waals surface area contributed by atoms with E-state index in [0.29, 0.717) is 25.2 Å². The number of amides is 2. The van der Waals surface area contributed by atoms with Crippen molar-refractivity contribution in [2.24, 2.45) is 0 Å². The van der Waals surface area contributed by atoms with Gasteiger partial charge < -0.3 is 15.1 Å². The average Bonchev–Trinajstić information content (AvgIpc) is 2.66. The molecule has 0 radical (unpaired) electrons. The molecular weight excluding hydrogens is 312 g/mol. The first kappa shape index (κ1) is 16.8. The zero-order valence-corrected chi connectivity index (χ0v) is 14.4. The molecule has 2 aromatic rings. The molecule has 5 nitrogen and oxygen atoms in total. The van der Waals surface area contributed by atoms with E-state index in [0.717, 1.165) is 24.3 Å². The summed E-state index contributed by atoms with van der Waals surface area (Å²) >= 11 is 0. The molecule has 1 aliphatic heterocycles. The van der Waals surface area contributed by atoms with E-state index >= 15 is 0 Å². The third-order valence-corrected chi connectivity index (χ3v) is 4.45. The normalized spacial score (nSPS) is 14.1. The Hall–Kier alpha value is -3.00. The lowest BCUT2D eigenvalue weighted by Crippen LogP contribution is -2.51. The Bertz CT molecular complexity index is 771. The average molecular weight is 334 g/mol. The van der Waals surface area contributed by atoms with Crippen LogP contribution in [0.25, 0.3) is 0 Å². The minimum atomic E-state index is -0.0130. The number of piperazine rings is 1. The second-order valence-corrected chi connectivity index (χ2v) is 6.28. The lowest BCUT2D eigenvalue weighted by atomic mass is 10.1. The summed E-state index contributed by atoms with van der Waals surface area (Å²) in [7, 11) is 0. The number of carbonyl (C=O) groups is 1. The van der Waals surface area contributed by atoms with Gasteiger partial charge in [-0.3, -0.25) is 0 Å². The second kappa shape index (κ2) is 7.71. The van der Waals surface area contributed by atoms with Gasteiger partial charge in [-0.2, -0.15) is 5.26 Å². The number of benzene rings is 2. The lowest BCUT2D eigenvalue weighted by Gasteiger charge is -2.36. The van der Waals surface area contributed by atoms with Crippen LogP contribution in [0.15, 0.2) is 48.5 Å². The maximum Gasteiger partial charge on any atom is 0.317 e. The van der Waals surface area contributed by atoms with E-state index < -0.39 is 0 Å². The molecule has 5 heteroatoms. The van der Waals surface area contributed by atoms with Crippen molar-refractivity contribution in [1.29, 1.82) is 5.26 Å². The molecule has 0 unspecified atom stereocenters. The standard InChI is InChI=1S/C20H22N4O/c1-16-3-2-4-18(13-16)15-22-20(25)24-11-9-23(10-12-24)19-7-5-17(14-21)6-8-19/h2-8,13H,9-12,15H2,1H3,(H,22,25). The van der Waals surface area contributed by atoms with E-state index in [-0.39, 0.29) is 6.03 Å². The molecule has 1 aliphatic rings. The number of rotatable bonds is 3. The summed E-state index contributed by atoms with van der Waals surface area (Å²) in [5.74, 6) is 0. The van der Waals surface area contributed by atoms with Crippen molar-refractivity contribution >= 4 is 11.7 Å². The Morgan fingerprint density at radius 3 is 2.48 bits per heavy atom. The molecule has 0 spiro atoms. The van der Waals surface area contributed by atoms with Gasteiger partial charge in [0.15, 0.2) is 0 Å². The molecule has 2 amide bonds. The molecule has 3 rings (SSSR count). The molecule has 128 valence electrons. The fourth-order valence-corrected chi connectivity index (χ4v) is 3.03. The summed E-state index contributed by atoms with van der Waals surface area (Å²) in [6.45, 7) is 5.58. The minimum absolute atomic E-state index is 0.0130. The van der Waals surface area contributed by atoms with Gasteiger partial charge in [-0.05, 0) is 36.8 Å². The first-order valence-electron chi connectivity index (χ1n) is 8.49. The Balaban J connectivity index is 1.49. The van der Waals surface area contributed by atoms with Gasteiger partial charge in [0.25, 0.3) is 0 Å². The Morgan fingerprint density at radius 2 is 1.84 bits per heavy atom. The molecule has 25 heavy (non-hydrogen) atoms. The van der Waals surface area contributed by atoms with Gasteiger partial charge in [0.2, 0.25) is 0 Å².